The molecule has 476 valence electrons. The molecule has 6 aromatic carbocycles. The summed E-state index contributed by atoms with van der Waals surface area (Å²) in [7, 11) is 12.0. The van der Waals surface area contributed by atoms with Gasteiger partial charge in [0.25, 0.3) is 11.8 Å². The molecule has 0 saturated carbocycles. The summed E-state index contributed by atoms with van der Waals surface area (Å²) in [5, 5.41) is 22.8. The first-order chi connectivity index (χ1) is 44.7. The van der Waals surface area contributed by atoms with Crippen LogP contribution in [0.4, 0.5) is 4.39 Å². The number of fused-ring (bicyclic) bond motifs is 6. The molecule has 4 aliphatic heterocycles. The van der Waals surface area contributed by atoms with E-state index in [1.54, 1.807) is 24.3 Å². The number of hydrogen-bond acceptors (Lipinski definition) is 22. The number of rotatable bonds is 16. The molecule has 28 heteroatoms. The Morgan fingerprint density at radius 1 is 0.489 bits per heavy atom. The van der Waals surface area contributed by atoms with Crippen LogP contribution in [0.25, 0.3) is 11.4 Å². The topological polar surface area (TPSA) is 283 Å². The van der Waals surface area contributed by atoms with E-state index in [-0.39, 0.29) is 49.9 Å². The molecule has 0 bridgehead atoms. The maximum atomic E-state index is 14.3. The van der Waals surface area contributed by atoms with Gasteiger partial charge in [-0.3, -0.25) is 19.2 Å². The number of ether oxygens (including phenoxy) is 14. The maximum absolute atomic E-state index is 14.3. The number of benzene rings is 6. The minimum Gasteiger partial charge on any atom is -0.495 e. The number of nitrogens with one attached hydrogen (secondary N) is 2. The maximum Gasteiger partial charge on any atom is 0.310 e. The molecule has 2 aliphatic carbocycles. The zero-order valence-corrected chi connectivity index (χ0v) is 51.2. The van der Waals surface area contributed by atoms with E-state index in [1.165, 1.54) is 90.8 Å². The summed E-state index contributed by atoms with van der Waals surface area (Å²) in [6.45, 7) is 0.257. The third-order valence-corrected chi connectivity index (χ3v) is 17.6. The van der Waals surface area contributed by atoms with Gasteiger partial charge in [-0.1, -0.05) is 22.0 Å². The number of methoxy groups -OCH3 is 8. The molecule has 6 aliphatic rings. The van der Waals surface area contributed by atoms with Gasteiger partial charge in [-0.05, 0) is 112 Å². The van der Waals surface area contributed by atoms with Crippen molar-refractivity contribution in [3.63, 3.8) is 0 Å². The van der Waals surface area contributed by atoms with Crippen molar-refractivity contribution < 1.29 is 89.9 Å². The van der Waals surface area contributed by atoms with Gasteiger partial charge in [0.05, 0.1) is 123 Å². The highest BCUT2D eigenvalue weighted by Crippen LogP contribution is 2.58. The van der Waals surface area contributed by atoms with Gasteiger partial charge in [0.15, 0.2) is 69.0 Å². The number of hydrogen-bond donors (Lipinski definition) is 2. The Bertz CT molecular complexity index is 3940. The number of carbonyl (C=O) groups excluding carboxylic acids is 4. The lowest BCUT2D eigenvalue weighted by molar-refractivity contribution is -0.142. The van der Waals surface area contributed by atoms with Gasteiger partial charge in [0, 0.05) is 29.7 Å². The molecule has 26 nitrogen and oxygen atoms in total. The van der Waals surface area contributed by atoms with Crippen LogP contribution in [0.5, 0.6) is 69.0 Å². The number of amides is 2. The standard InChI is InChI=1S/C32H29ClN4O9.C32H29FN4O9/c2*1-40-22-6-5-16(9-20(22)33)37-12-21(35-36-37)31(38)34-29-18-11-24-23(45-14-46-24)10-17(18)27(28-19(29)13-44-32(28)39)15-7-25(41-2)30(43-4)26(8-15)42-3/h2*5-12,19,27-29H,13-14H2,1-4H3,(H,34,38)/t2*19-,27+,28-,29+/m00/s1. The number of aromatic nitrogens is 6. The smallest absolute Gasteiger partial charge is 0.310 e. The highest BCUT2D eigenvalue weighted by molar-refractivity contribution is 6.32. The number of cyclic esters (lactones) is 2. The third kappa shape index (κ3) is 10.5. The first-order valence-electron chi connectivity index (χ1n) is 28.6. The lowest BCUT2D eigenvalue weighted by Crippen LogP contribution is -2.43. The second kappa shape index (κ2) is 24.6. The average molecular weight is 1280 g/mol. The van der Waals surface area contributed by atoms with Crippen LogP contribution in [0.3, 0.4) is 0 Å². The first-order valence-corrected chi connectivity index (χ1v) is 29.0. The molecule has 0 radical (unpaired) electrons. The first kappa shape index (κ1) is 60.2. The van der Waals surface area contributed by atoms with Gasteiger partial charge < -0.3 is 76.9 Å². The Labute approximate surface area is 528 Å². The van der Waals surface area contributed by atoms with Crippen LogP contribution in [0, 0.1) is 29.5 Å². The van der Waals surface area contributed by atoms with Gasteiger partial charge in [-0.15, -0.1) is 10.2 Å². The average Bonchev–Trinajstić information content (AvgIpc) is 1.40. The van der Waals surface area contributed by atoms with Crippen LogP contribution in [0.1, 0.15) is 78.3 Å². The van der Waals surface area contributed by atoms with Crippen molar-refractivity contribution in [2.75, 3.05) is 83.7 Å². The molecule has 2 N–H and O–H groups in total. The number of halogens is 2. The molecule has 8 aromatic rings. The SMILES string of the molecule is COc1ccc(-n2cc(C(=O)N[C@@H]3c4cc5c(cc4[C@@H](c4cc(OC)c(OC)c(OC)c4)[C@H]4C(=O)OC[C@@H]43)OCO5)nn2)cc1Cl.COc1ccc(-n2cc(C(=O)N[C@@H]3c4cc5c(cc4[C@@H](c4cc(OC)c(OC)c(OC)c4)[C@H]4C(=O)OC[C@@H]43)OCO5)nn2)cc1F. The zero-order valence-electron chi connectivity index (χ0n) is 50.5. The molecule has 2 saturated heterocycles. The Hall–Kier alpha value is -10.7. The van der Waals surface area contributed by atoms with E-state index in [4.69, 9.17) is 77.9 Å². The molecule has 2 aromatic heterocycles. The molecule has 0 spiro atoms. The van der Waals surface area contributed by atoms with Crippen molar-refractivity contribution in [3.8, 4) is 80.4 Å². The monoisotopic (exact) mass is 1280 g/mol. The van der Waals surface area contributed by atoms with E-state index in [0.29, 0.717) is 79.6 Å². The van der Waals surface area contributed by atoms with Crippen LogP contribution < -0.4 is 67.5 Å². The Balaban J connectivity index is 0.000000168. The second-order valence-electron chi connectivity index (χ2n) is 21.8. The molecule has 8 atom stereocenters. The van der Waals surface area contributed by atoms with Gasteiger partial charge in [0.2, 0.25) is 25.1 Å². The molecule has 6 heterocycles. The highest BCUT2D eigenvalue weighted by atomic mass is 35.5. The minimum absolute atomic E-state index is 0.00735. The largest absolute Gasteiger partial charge is 0.495 e. The van der Waals surface area contributed by atoms with Crippen molar-refractivity contribution in [3.05, 3.63) is 153 Å². The van der Waals surface area contributed by atoms with Crippen molar-refractivity contribution in [1.82, 2.24) is 40.6 Å². The summed E-state index contributed by atoms with van der Waals surface area (Å²) in [6.07, 6.45) is 2.90. The fourth-order valence-electron chi connectivity index (χ4n) is 13.1. The minimum atomic E-state index is -0.682. The van der Waals surface area contributed by atoms with E-state index in [9.17, 15) is 23.6 Å². The number of carbonyl (C=O) groups is 4. The fourth-order valence-corrected chi connectivity index (χ4v) is 13.3. The van der Waals surface area contributed by atoms with Crippen molar-refractivity contribution in [2.45, 2.75) is 23.9 Å². The van der Waals surface area contributed by atoms with Gasteiger partial charge in [0.1, 0.15) is 5.75 Å². The lowest BCUT2D eigenvalue weighted by atomic mass is 9.65. The lowest BCUT2D eigenvalue weighted by Gasteiger charge is -2.39. The normalized spacial score (nSPS) is 20.8. The molecule has 2 fully saturated rings. The quantitative estimate of drug-likeness (QED) is 0.0878. The number of esters is 2. The molecule has 92 heavy (non-hydrogen) atoms. The summed E-state index contributed by atoms with van der Waals surface area (Å²) in [4.78, 5) is 54.3. The van der Waals surface area contributed by atoms with E-state index in [2.05, 4.69) is 31.3 Å². The summed E-state index contributed by atoms with van der Waals surface area (Å²) >= 11 is 6.29. The van der Waals surface area contributed by atoms with E-state index in [1.807, 2.05) is 48.5 Å². The summed E-state index contributed by atoms with van der Waals surface area (Å²) < 4.78 is 95.0. The zero-order chi connectivity index (χ0) is 64.2. The fraction of sp³-hybridized carbons (Fsp3) is 0.312. The van der Waals surface area contributed by atoms with Crippen LogP contribution >= 0.6 is 11.6 Å². The number of nitrogens with zero attached hydrogens (tertiary/aromatic N) is 6. The molecule has 14 rings (SSSR count). The van der Waals surface area contributed by atoms with Gasteiger partial charge in [-0.2, -0.15) is 0 Å². The van der Waals surface area contributed by atoms with Gasteiger partial charge in [-0.25, -0.2) is 13.8 Å². The molecule has 2 amide bonds. The van der Waals surface area contributed by atoms with Crippen LogP contribution in [-0.2, 0) is 19.1 Å². The summed E-state index contributed by atoms with van der Waals surface area (Å²) in [6, 6.07) is 22.7. The Kier molecular flexibility index (Phi) is 16.1. The predicted molar refractivity (Wildman–Crippen MR) is 318 cm³/mol. The Morgan fingerprint density at radius 2 is 0.870 bits per heavy atom. The Morgan fingerprint density at radius 3 is 1.24 bits per heavy atom. The molecular weight excluding hydrogens is 1220 g/mol. The van der Waals surface area contributed by atoms with Crippen molar-refractivity contribution >= 4 is 35.4 Å². The molecule has 0 unspecified atom stereocenters. The highest BCUT2D eigenvalue weighted by Gasteiger charge is 2.55. The van der Waals surface area contributed by atoms with E-state index in [0.717, 1.165) is 33.4 Å². The summed E-state index contributed by atoms with van der Waals surface area (Å²) in [5.41, 5.74) is 5.46. The van der Waals surface area contributed by atoms with Crippen LogP contribution in [0.2, 0.25) is 5.02 Å². The van der Waals surface area contributed by atoms with Crippen molar-refractivity contribution in [2.24, 2.45) is 23.7 Å². The van der Waals surface area contributed by atoms with E-state index < -0.39 is 71.2 Å². The van der Waals surface area contributed by atoms with Crippen LogP contribution in [-0.4, -0.2) is 137 Å². The predicted octanol–water partition coefficient (Wildman–Crippen LogP) is 7.66. The van der Waals surface area contributed by atoms with Gasteiger partial charge >= 0.3 is 11.9 Å². The molecular formula is C64H58ClFN8O18. The summed E-state index contributed by atoms with van der Waals surface area (Å²) in [5.74, 6) is -0.367. The van der Waals surface area contributed by atoms with Crippen molar-refractivity contribution in [1.29, 1.82) is 0 Å². The third-order valence-electron chi connectivity index (χ3n) is 17.3. The van der Waals surface area contributed by atoms with E-state index >= 15 is 0 Å². The van der Waals surface area contributed by atoms with Crippen LogP contribution in [0.15, 0.2) is 97.3 Å². The second-order valence-corrected chi connectivity index (χ2v) is 22.2.